The largest absolute Gasteiger partial charge is 0.375 e. The third-order valence-corrected chi connectivity index (χ3v) is 3.11. The summed E-state index contributed by atoms with van der Waals surface area (Å²) in [6.07, 6.45) is 7.15. The maximum atomic E-state index is 11.1. The van der Waals surface area contributed by atoms with Crippen LogP contribution >= 0.6 is 0 Å². The molecule has 0 aromatic heterocycles. The average Bonchev–Trinajstić information content (AvgIpc) is 2.17. The molecule has 0 spiro atoms. The molecule has 0 aromatic rings. The maximum Gasteiger partial charge on any atom is 0.217 e. The van der Waals surface area contributed by atoms with Gasteiger partial charge in [0.05, 0.1) is 12.2 Å². The molecule has 0 aliphatic carbocycles. The van der Waals surface area contributed by atoms with Gasteiger partial charge >= 0.3 is 0 Å². The molecule has 2 unspecified atom stereocenters. The summed E-state index contributed by atoms with van der Waals surface area (Å²) < 4.78 is 6.03. The fourth-order valence-electron chi connectivity index (χ4n) is 2.54. The van der Waals surface area contributed by atoms with Crippen LogP contribution in [0.15, 0.2) is 0 Å². The van der Waals surface area contributed by atoms with Crippen molar-refractivity contribution in [3.63, 3.8) is 0 Å². The van der Waals surface area contributed by atoms with Crippen molar-refractivity contribution in [2.24, 2.45) is 0 Å². The van der Waals surface area contributed by atoms with Gasteiger partial charge in [0, 0.05) is 13.0 Å². The maximum absolute atomic E-state index is 11.1. The Kier molecular flexibility index (Phi) is 5.81. The van der Waals surface area contributed by atoms with Gasteiger partial charge < -0.3 is 10.1 Å². The Morgan fingerprint density at radius 2 is 1.69 bits per heavy atom. The molecule has 0 aromatic carbocycles. The molecule has 1 heterocycles. The molecule has 94 valence electrons. The van der Waals surface area contributed by atoms with Crippen molar-refractivity contribution in [1.29, 1.82) is 0 Å². The fraction of sp³-hybridized carbons (Fsp3) is 0.923. The molecule has 1 N–H and O–H groups in total. The fourth-order valence-corrected chi connectivity index (χ4v) is 2.54. The van der Waals surface area contributed by atoms with Crippen LogP contribution < -0.4 is 5.32 Å². The zero-order valence-corrected chi connectivity index (χ0v) is 10.8. The second-order valence-corrected chi connectivity index (χ2v) is 4.83. The number of rotatable bonds is 5. The molecule has 0 radical (unpaired) electrons. The summed E-state index contributed by atoms with van der Waals surface area (Å²) in [5.41, 5.74) is 0. The lowest BCUT2D eigenvalue weighted by molar-refractivity contribution is -0.122. The molecule has 0 bridgehead atoms. The first kappa shape index (κ1) is 13.5. The minimum Gasteiger partial charge on any atom is -0.375 e. The molecule has 1 rings (SSSR count). The van der Waals surface area contributed by atoms with Crippen molar-refractivity contribution < 1.29 is 9.53 Å². The highest BCUT2D eigenvalue weighted by molar-refractivity contribution is 5.73. The van der Waals surface area contributed by atoms with Crippen molar-refractivity contribution in [2.45, 2.75) is 77.5 Å². The van der Waals surface area contributed by atoms with Crippen molar-refractivity contribution >= 4 is 5.91 Å². The van der Waals surface area contributed by atoms with Crippen LogP contribution in [0.2, 0.25) is 0 Å². The summed E-state index contributed by atoms with van der Waals surface area (Å²) in [4.78, 5) is 11.1. The van der Waals surface area contributed by atoms with E-state index in [9.17, 15) is 4.79 Å². The van der Waals surface area contributed by atoms with Crippen LogP contribution in [0.5, 0.6) is 0 Å². The first-order valence-electron chi connectivity index (χ1n) is 6.58. The smallest absolute Gasteiger partial charge is 0.217 e. The number of amides is 1. The molecule has 1 aliphatic rings. The Labute approximate surface area is 98.9 Å². The lowest BCUT2D eigenvalue weighted by atomic mass is 9.94. The summed E-state index contributed by atoms with van der Waals surface area (Å²) >= 11 is 0. The lowest BCUT2D eigenvalue weighted by Crippen LogP contribution is -2.44. The SMILES string of the molecule is CCCC1CC(NC(C)=O)CC(CCC)O1. The zero-order chi connectivity index (χ0) is 12.0. The molecule has 16 heavy (non-hydrogen) atoms. The molecular formula is C13H25NO2. The van der Waals surface area contributed by atoms with Gasteiger partial charge in [-0.2, -0.15) is 0 Å². The minimum atomic E-state index is 0.0809. The summed E-state index contributed by atoms with van der Waals surface area (Å²) in [6, 6.07) is 0.319. The number of carbonyl (C=O) groups is 1. The summed E-state index contributed by atoms with van der Waals surface area (Å²) in [7, 11) is 0. The molecule has 1 amide bonds. The van der Waals surface area contributed by atoms with E-state index in [0.29, 0.717) is 18.2 Å². The predicted molar refractivity (Wildman–Crippen MR) is 65.3 cm³/mol. The van der Waals surface area contributed by atoms with E-state index in [0.717, 1.165) is 38.5 Å². The molecule has 1 fully saturated rings. The van der Waals surface area contributed by atoms with E-state index >= 15 is 0 Å². The lowest BCUT2D eigenvalue weighted by Gasteiger charge is -2.35. The first-order chi connectivity index (χ1) is 7.65. The Morgan fingerprint density at radius 1 is 1.19 bits per heavy atom. The number of carbonyl (C=O) groups excluding carboxylic acids is 1. The Bertz CT molecular complexity index is 204. The third kappa shape index (κ3) is 4.52. The van der Waals surface area contributed by atoms with Crippen LogP contribution in [0.1, 0.15) is 59.3 Å². The van der Waals surface area contributed by atoms with Crippen LogP contribution in [-0.2, 0) is 9.53 Å². The molecule has 3 heteroatoms. The van der Waals surface area contributed by atoms with Crippen molar-refractivity contribution in [3.05, 3.63) is 0 Å². The number of hydrogen-bond donors (Lipinski definition) is 1. The Balaban J connectivity index is 2.48. The van der Waals surface area contributed by atoms with E-state index in [-0.39, 0.29) is 5.91 Å². The summed E-state index contributed by atoms with van der Waals surface area (Å²) in [6.45, 7) is 5.96. The van der Waals surface area contributed by atoms with E-state index in [1.165, 1.54) is 0 Å². The van der Waals surface area contributed by atoms with E-state index in [4.69, 9.17) is 4.74 Å². The van der Waals surface area contributed by atoms with Crippen molar-refractivity contribution in [1.82, 2.24) is 5.32 Å². The highest BCUT2D eigenvalue weighted by Gasteiger charge is 2.28. The normalized spacial score (nSPS) is 30.1. The predicted octanol–water partition coefficient (Wildman–Crippen LogP) is 2.64. The van der Waals surface area contributed by atoms with Crippen LogP contribution in [0, 0.1) is 0 Å². The van der Waals surface area contributed by atoms with Crippen LogP contribution in [0.3, 0.4) is 0 Å². The van der Waals surface area contributed by atoms with Crippen LogP contribution in [0.4, 0.5) is 0 Å². The topological polar surface area (TPSA) is 38.3 Å². The van der Waals surface area contributed by atoms with Gasteiger partial charge in [0.15, 0.2) is 0 Å². The van der Waals surface area contributed by atoms with Crippen LogP contribution in [0.25, 0.3) is 0 Å². The van der Waals surface area contributed by atoms with Crippen molar-refractivity contribution in [2.75, 3.05) is 0 Å². The van der Waals surface area contributed by atoms with Gasteiger partial charge in [-0.3, -0.25) is 4.79 Å². The second kappa shape index (κ2) is 6.89. The van der Waals surface area contributed by atoms with Gasteiger partial charge in [0.2, 0.25) is 5.91 Å². The standard InChI is InChI=1S/C13H25NO2/c1-4-6-12-8-11(14-10(3)15)9-13(16-12)7-5-2/h11-13H,4-9H2,1-3H3,(H,14,15). The minimum absolute atomic E-state index is 0.0809. The van der Waals surface area contributed by atoms with E-state index in [2.05, 4.69) is 19.2 Å². The van der Waals surface area contributed by atoms with Crippen LogP contribution in [-0.4, -0.2) is 24.2 Å². The number of ether oxygens (including phenoxy) is 1. The number of nitrogens with one attached hydrogen (secondary N) is 1. The molecule has 1 saturated heterocycles. The Morgan fingerprint density at radius 3 is 2.06 bits per heavy atom. The number of hydrogen-bond acceptors (Lipinski definition) is 2. The van der Waals surface area contributed by atoms with Gasteiger partial charge in [0.1, 0.15) is 0 Å². The van der Waals surface area contributed by atoms with E-state index in [1.54, 1.807) is 6.92 Å². The second-order valence-electron chi connectivity index (χ2n) is 4.83. The molecule has 0 saturated carbocycles. The average molecular weight is 227 g/mol. The van der Waals surface area contributed by atoms with Gasteiger partial charge in [-0.1, -0.05) is 26.7 Å². The monoisotopic (exact) mass is 227 g/mol. The van der Waals surface area contributed by atoms with E-state index in [1.807, 2.05) is 0 Å². The van der Waals surface area contributed by atoms with Gasteiger partial charge in [-0.25, -0.2) is 0 Å². The first-order valence-corrected chi connectivity index (χ1v) is 6.58. The Hall–Kier alpha value is -0.570. The summed E-state index contributed by atoms with van der Waals surface area (Å²) in [5, 5.41) is 3.04. The molecule has 1 aliphatic heterocycles. The quantitative estimate of drug-likeness (QED) is 0.784. The third-order valence-electron chi connectivity index (χ3n) is 3.11. The molecule has 3 nitrogen and oxygen atoms in total. The van der Waals surface area contributed by atoms with Crippen molar-refractivity contribution in [3.8, 4) is 0 Å². The van der Waals surface area contributed by atoms with Gasteiger partial charge in [-0.15, -0.1) is 0 Å². The van der Waals surface area contributed by atoms with Gasteiger partial charge in [0.25, 0.3) is 0 Å². The highest BCUT2D eigenvalue weighted by Crippen LogP contribution is 2.25. The molecular weight excluding hydrogens is 202 g/mol. The highest BCUT2D eigenvalue weighted by atomic mass is 16.5. The summed E-state index contributed by atoms with van der Waals surface area (Å²) in [5.74, 6) is 0.0809. The van der Waals surface area contributed by atoms with Gasteiger partial charge in [-0.05, 0) is 25.7 Å². The molecule has 2 atom stereocenters. The van der Waals surface area contributed by atoms with E-state index < -0.39 is 0 Å². The zero-order valence-electron chi connectivity index (χ0n) is 10.8.